The Bertz CT molecular complexity index is 565. The molecule has 1 heterocycles. The van der Waals surface area contributed by atoms with Crippen LogP contribution in [0.3, 0.4) is 0 Å². The van der Waals surface area contributed by atoms with Crippen LogP contribution in [0.15, 0.2) is 23.8 Å². The third-order valence-electron chi connectivity index (χ3n) is 7.13. The predicted molar refractivity (Wildman–Crippen MR) is 143 cm³/mol. The van der Waals surface area contributed by atoms with Crippen LogP contribution in [0.1, 0.15) is 107 Å². The fourth-order valence-electron chi connectivity index (χ4n) is 5.49. The van der Waals surface area contributed by atoms with Gasteiger partial charge in [0.25, 0.3) is 0 Å². The number of allylic oxidation sites excluding steroid dienone is 3. The number of aliphatic hydroxyl groups excluding tert-OH is 1. The van der Waals surface area contributed by atoms with Crippen LogP contribution in [0, 0.1) is 0 Å². The Morgan fingerprint density at radius 3 is 2.06 bits per heavy atom. The Kier molecular flexibility index (Phi) is 13.7. The average Bonchev–Trinajstić information content (AvgIpc) is 2.72. The molecule has 1 N–H and O–H groups in total. The molecule has 0 amide bonds. The zero-order valence-corrected chi connectivity index (χ0v) is 24.2. The van der Waals surface area contributed by atoms with Crippen molar-refractivity contribution >= 4 is 8.32 Å². The van der Waals surface area contributed by atoms with Gasteiger partial charge < -0.3 is 19.0 Å². The van der Waals surface area contributed by atoms with Crippen LogP contribution in [0.25, 0.3) is 0 Å². The van der Waals surface area contributed by atoms with Crippen LogP contribution in [0.2, 0.25) is 16.6 Å². The zero-order valence-electron chi connectivity index (χ0n) is 23.2. The van der Waals surface area contributed by atoms with Crippen LogP contribution in [0.4, 0.5) is 0 Å². The maximum absolute atomic E-state index is 10.6. The van der Waals surface area contributed by atoms with E-state index < -0.39 is 20.2 Å². The highest BCUT2D eigenvalue weighted by Crippen LogP contribution is 2.43. The minimum absolute atomic E-state index is 0.155. The van der Waals surface area contributed by atoms with E-state index in [1.807, 2.05) is 0 Å². The summed E-state index contributed by atoms with van der Waals surface area (Å²) in [5, 5.41) is 10.6. The summed E-state index contributed by atoms with van der Waals surface area (Å²) >= 11 is 0. The Labute approximate surface area is 206 Å². The maximum Gasteiger partial charge on any atom is 0.201 e. The Morgan fingerprint density at radius 2 is 1.58 bits per heavy atom. The Balaban J connectivity index is 2.77. The summed E-state index contributed by atoms with van der Waals surface area (Å²) in [6, 6.07) is 0. The summed E-state index contributed by atoms with van der Waals surface area (Å²) in [5.74, 6) is -0.665. The molecule has 1 saturated heterocycles. The van der Waals surface area contributed by atoms with Gasteiger partial charge in [-0.3, -0.25) is 0 Å². The number of aliphatic hydroxyl groups is 1. The highest BCUT2D eigenvalue weighted by atomic mass is 28.4. The number of ether oxygens (including phenoxy) is 2. The van der Waals surface area contributed by atoms with Crippen molar-refractivity contribution < 1.29 is 19.0 Å². The molecule has 1 fully saturated rings. The second-order valence-electron chi connectivity index (χ2n) is 11.0. The molecule has 4 nitrogen and oxygen atoms in total. The van der Waals surface area contributed by atoms with Crippen molar-refractivity contribution in [1.29, 1.82) is 0 Å². The minimum Gasteiger partial charge on any atom is -0.410 e. The standard InChI is InChI=1S/C28H54O4Si/c1-10-27(32-33(23(4)5,24(6)7)25(8)9)17-11-12-18-28(30-19-14-20-31-28)21-26(29)16-13-15-22(2)3/h11,15,17,23-27,29H,10,12-14,16,18-21H2,1-9H3/b17-11-/t26-,27+/m1/s1. The predicted octanol–water partition coefficient (Wildman–Crippen LogP) is 7.92. The lowest BCUT2D eigenvalue weighted by Gasteiger charge is -2.44. The number of hydrogen-bond donors (Lipinski definition) is 1. The largest absolute Gasteiger partial charge is 0.410 e. The monoisotopic (exact) mass is 482 g/mol. The normalized spacial score (nSPS) is 18.9. The van der Waals surface area contributed by atoms with Gasteiger partial charge in [-0.25, -0.2) is 0 Å². The van der Waals surface area contributed by atoms with Gasteiger partial charge in [0.2, 0.25) is 8.32 Å². The molecule has 1 rings (SSSR count). The van der Waals surface area contributed by atoms with E-state index in [-0.39, 0.29) is 6.10 Å². The van der Waals surface area contributed by atoms with E-state index in [0.717, 1.165) is 38.5 Å². The summed E-state index contributed by atoms with van der Waals surface area (Å²) in [5.41, 5.74) is 3.04. The van der Waals surface area contributed by atoms with Crippen molar-refractivity contribution in [2.45, 2.75) is 142 Å². The topological polar surface area (TPSA) is 47.9 Å². The third kappa shape index (κ3) is 9.60. The molecule has 1 aliphatic heterocycles. The van der Waals surface area contributed by atoms with E-state index in [2.05, 4.69) is 80.5 Å². The number of hydrogen-bond acceptors (Lipinski definition) is 4. The SMILES string of the molecule is CC[C@@H](/C=C\CCC1(C[C@H](O)CCC=C(C)C)OCCCO1)O[Si](C(C)C)(C(C)C)C(C)C. The van der Waals surface area contributed by atoms with Crippen molar-refractivity contribution in [3.63, 3.8) is 0 Å². The van der Waals surface area contributed by atoms with Gasteiger partial charge in [-0.1, -0.05) is 72.3 Å². The molecule has 2 atom stereocenters. The van der Waals surface area contributed by atoms with Crippen molar-refractivity contribution in [1.82, 2.24) is 0 Å². The average molecular weight is 483 g/mol. The van der Waals surface area contributed by atoms with Gasteiger partial charge in [-0.05, 0) is 62.6 Å². The molecule has 0 saturated carbocycles. The van der Waals surface area contributed by atoms with Crippen LogP contribution < -0.4 is 0 Å². The smallest absolute Gasteiger partial charge is 0.201 e. The lowest BCUT2D eigenvalue weighted by atomic mass is 9.98. The first-order valence-corrected chi connectivity index (χ1v) is 15.6. The van der Waals surface area contributed by atoms with Gasteiger partial charge in [-0.2, -0.15) is 0 Å². The van der Waals surface area contributed by atoms with Crippen molar-refractivity contribution in [2.24, 2.45) is 0 Å². The van der Waals surface area contributed by atoms with E-state index in [1.54, 1.807) is 0 Å². The van der Waals surface area contributed by atoms with E-state index in [0.29, 0.717) is 36.3 Å². The summed E-state index contributed by atoms with van der Waals surface area (Å²) in [6.07, 6.45) is 12.1. The first kappa shape index (κ1) is 30.6. The second kappa shape index (κ2) is 14.8. The molecule has 5 heteroatoms. The lowest BCUT2D eigenvalue weighted by Crippen LogP contribution is -2.49. The molecular formula is C28H54O4Si. The van der Waals surface area contributed by atoms with Crippen molar-refractivity contribution in [3.05, 3.63) is 23.8 Å². The van der Waals surface area contributed by atoms with Crippen LogP contribution in [-0.2, 0) is 13.9 Å². The van der Waals surface area contributed by atoms with E-state index >= 15 is 0 Å². The highest BCUT2D eigenvalue weighted by molar-refractivity contribution is 6.77. The summed E-state index contributed by atoms with van der Waals surface area (Å²) < 4.78 is 19.2. The molecular weight excluding hydrogens is 428 g/mol. The Morgan fingerprint density at radius 1 is 1.00 bits per heavy atom. The van der Waals surface area contributed by atoms with Crippen molar-refractivity contribution in [2.75, 3.05) is 13.2 Å². The molecule has 0 radical (unpaired) electrons. The van der Waals surface area contributed by atoms with E-state index in [1.165, 1.54) is 5.57 Å². The quantitative estimate of drug-likeness (QED) is 0.190. The van der Waals surface area contributed by atoms with Crippen LogP contribution in [-0.4, -0.2) is 44.6 Å². The third-order valence-corrected chi connectivity index (χ3v) is 13.3. The summed E-state index contributed by atoms with van der Waals surface area (Å²) in [4.78, 5) is 0. The minimum atomic E-state index is -1.90. The molecule has 0 aromatic carbocycles. The molecule has 0 spiro atoms. The van der Waals surface area contributed by atoms with Gasteiger partial charge in [0.1, 0.15) is 0 Å². The lowest BCUT2D eigenvalue weighted by molar-refractivity contribution is -0.281. The molecule has 0 aromatic rings. The second-order valence-corrected chi connectivity index (χ2v) is 16.4. The summed E-state index contributed by atoms with van der Waals surface area (Å²) in [6.45, 7) is 21.9. The molecule has 1 aliphatic rings. The zero-order chi connectivity index (χ0) is 25.1. The van der Waals surface area contributed by atoms with E-state index in [9.17, 15) is 5.11 Å². The molecule has 0 unspecified atom stereocenters. The van der Waals surface area contributed by atoms with Crippen LogP contribution >= 0.6 is 0 Å². The van der Waals surface area contributed by atoms with E-state index in [4.69, 9.17) is 13.9 Å². The maximum atomic E-state index is 10.6. The molecule has 194 valence electrons. The summed E-state index contributed by atoms with van der Waals surface area (Å²) in [7, 11) is -1.90. The van der Waals surface area contributed by atoms with Gasteiger partial charge in [0, 0.05) is 12.8 Å². The van der Waals surface area contributed by atoms with Gasteiger partial charge in [0.15, 0.2) is 5.79 Å². The number of rotatable bonds is 15. The van der Waals surface area contributed by atoms with Crippen LogP contribution in [0.5, 0.6) is 0 Å². The Hall–Kier alpha value is -0.463. The van der Waals surface area contributed by atoms with Gasteiger partial charge >= 0.3 is 0 Å². The first-order chi connectivity index (χ1) is 15.5. The van der Waals surface area contributed by atoms with Gasteiger partial charge in [0.05, 0.1) is 25.4 Å². The first-order valence-electron chi connectivity index (χ1n) is 13.4. The van der Waals surface area contributed by atoms with Crippen molar-refractivity contribution in [3.8, 4) is 0 Å². The highest BCUT2D eigenvalue weighted by Gasteiger charge is 2.46. The molecule has 0 aliphatic carbocycles. The van der Waals surface area contributed by atoms with Gasteiger partial charge in [-0.15, -0.1) is 0 Å². The fourth-order valence-corrected chi connectivity index (χ4v) is 11.1. The fraction of sp³-hybridized carbons (Fsp3) is 0.857. The molecule has 0 aromatic heterocycles. The molecule has 33 heavy (non-hydrogen) atoms. The molecule has 0 bridgehead atoms.